The number of hydrogen-bond acceptors (Lipinski definition) is 5. The zero-order chi connectivity index (χ0) is 24.2. The normalized spacial score (nSPS) is 33.9. The average molecular weight is 484 g/mol. The molecule has 3 aliphatic carbocycles. The van der Waals surface area contributed by atoms with Crippen molar-refractivity contribution in [1.82, 2.24) is 15.2 Å². The highest BCUT2D eigenvalue weighted by molar-refractivity contribution is 6.06. The van der Waals surface area contributed by atoms with Crippen molar-refractivity contribution in [3.05, 3.63) is 71.4 Å². The van der Waals surface area contributed by atoms with Crippen LogP contribution in [0.4, 0.5) is 0 Å². The number of amides is 1. The number of benzene rings is 2. The molecule has 2 fully saturated rings. The van der Waals surface area contributed by atoms with E-state index in [1.165, 1.54) is 12.8 Å². The number of rotatable bonds is 4. The number of aromatic hydroxyl groups is 1. The Kier molecular flexibility index (Phi) is 4.01. The first kappa shape index (κ1) is 20.9. The molecule has 2 aliphatic heterocycles. The summed E-state index contributed by atoms with van der Waals surface area (Å²) in [6.45, 7) is 1.89. The Morgan fingerprint density at radius 2 is 2.08 bits per heavy atom. The van der Waals surface area contributed by atoms with Crippen molar-refractivity contribution in [2.75, 3.05) is 13.1 Å². The first-order chi connectivity index (χ1) is 17.5. The molecule has 4 N–H and O–H groups in total. The summed E-state index contributed by atoms with van der Waals surface area (Å²) in [6.07, 6.45) is 9.05. The molecule has 8 rings (SSSR count). The molecule has 0 unspecified atom stereocenters. The number of aromatic amines is 1. The molecule has 7 nitrogen and oxygen atoms in total. The van der Waals surface area contributed by atoms with Crippen molar-refractivity contribution < 1.29 is 19.7 Å². The van der Waals surface area contributed by atoms with Gasteiger partial charge in [-0.3, -0.25) is 9.69 Å². The summed E-state index contributed by atoms with van der Waals surface area (Å²) in [5.74, 6) is 1.11. The van der Waals surface area contributed by atoms with Gasteiger partial charge in [-0.1, -0.05) is 36.4 Å². The lowest BCUT2D eigenvalue weighted by atomic mass is 9.50. The van der Waals surface area contributed by atoms with Gasteiger partial charge in [-0.2, -0.15) is 0 Å². The Labute approximate surface area is 208 Å². The van der Waals surface area contributed by atoms with Crippen LogP contribution in [0.15, 0.2) is 54.7 Å². The number of nitrogens with one attached hydrogen (secondary N) is 2. The third kappa shape index (κ3) is 2.52. The molecule has 184 valence electrons. The number of likely N-dealkylation sites (tertiary alicyclic amines) is 1. The van der Waals surface area contributed by atoms with E-state index in [4.69, 9.17) is 4.74 Å². The smallest absolute Gasteiger partial charge is 0.254 e. The van der Waals surface area contributed by atoms with Crippen LogP contribution in [0.1, 0.15) is 40.7 Å². The van der Waals surface area contributed by atoms with Crippen molar-refractivity contribution in [2.45, 2.75) is 54.9 Å². The number of aromatic nitrogens is 1. The second kappa shape index (κ2) is 6.93. The number of piperidine rings is 1. The lowest BCUT2D eigenvalue weighted by Gasteiger charge is -2.62. The van der Waals surface area contributed by atoms with E-state index < -0.39 is 23.2 Å². The number of phenols is 1. The van der Waals surface area contributed by atoms with Gasteiger partial charge >= 0.3 is 0 Å². The molecule has 1 amide bonds. The number of para-hydroxylation sites is 1. The van der Waals surface area contributed by atoms with Gasteiger partial charge in [0.15, 0.2) is 11.5 Å². The number of carbonyl (C=O) groups excluding carboxylic acids is 1. The van der Waals surface area contributed by atoms with Crippen LogP contribution < -0.4 is 10.1 Å². The molecular weight excluding hydrogens is 454 g/mol. The summed E-state index contributed by atoms with van der Waals surface area (Å²) in [7, 11) is 0. The first-order valence-electron chi connectivity index (χ1n) is 13.0. The van der Waals surface area contributed by atoms with Crippen LogP contribution in [-0.4, -0.2) is 62.9 Å². The van der Waals surface area contributed by atoms with Gasteiger partial charge in [0, 0.05) is 35.2 Å². The molecule has 2 aromatic carbocycles. The van der Waals surface area contributed by atoms with Crippen molar-refractivity contribution >= 4 is 16.8 Å². The van der Waals surface area contributed by atoms with Gasteiger partial charge in [-0.25, -0.2) is 0 Å². The fraction of sp³-hybridized carbons (Fsp3) is 0.414. The van der Waals surface area contributed by atoms with Gasteiger partial charge < -0.3 is 25.3 Å². The fourth-order valence-electron chi connectivity index (χ4n) is 7.65. The number of carbonyl (C=O) groups is 1. The molecule has 0 radical (unpaired) electrons. The molecular formula is C29H29N3O4. The molecule has 1 saturated heterocycles. The summed E-state index contributed by atoms with van der Waals surface area (Å²) in [4.78, 5) is 19.1. The predicted octanol–water partition coefficient (Wildman–Crippen LogP) is 3.01. The Hall–Kier alpha value is -3.29. The van der Waals surface area contributed by atoms with E-state index >= 15 is 0 Å². The Bertz CT molecular complexity index is 1460. The number of nitrogens with zero attached hydrogens (tertiary/aromatic N) is 1. The maximum atomic E-state index is 13.5. The second-order valence-electron chi connectivity index (χ2n) is 11.3. The summed E-state index contributed by atoms with van der Waals surface area (Å²) in [6, 6.07) is 10.9. The summed E-state index contributed by atoms with van der Waals surface area (Å²) in [5, 5.41) is 27.3. The van der Waals surface area contributed by atoms with Gasteiger partial charge in [0.1, 0.15) is 11.7 Å². The van der Waals surface area contributed by atoms with Crippen LogP contribution in [0.25, 0.3) is 10.9 Å². The summed E-state index contributed by atoms with van der Waals surface area (Å²) in [5.41, 5.74) is 1.72. The third-order valence-electron chi connectivity index (χ3n) is 9.47. The van der Waals surface area contributed by atoms with Crippen molar-refractivity contribution in [2.24, 2.45) is 5.92 Å². The average Bonchev–Trinajstić information content (AvgIpc) is 3.46. The quantitative estimate of drug-likeness (QED) is 0.428. The van der Waals surface area contributed by atoms with E-state index in [-0.39, 0.29) is 17.7 Å². The topological polar surface area (TPSA) is 97.8 Å². The maximum Gasteiger partial charge on any atom is 0.254 e. The zero-order valence-electron chi connectivity index (χ0n) is 19.9. The van der Waals surface area contributed by atoms with E-state index in [0.29, 0.717) is 17.7 Å². The number of ether oxygens (including phenoxy) is 1. The molecule has 2 bridgehead atoms. The monoisotopic (exact) mass is 483 g/mol. The van der Waals surface area contributed by atoms with E-state index in [2.05, 4.69) is 15.2 Å². The Morgan fingerprint density at radius 3 is 2.94 bits per heavy atom. The number of aliphatic hydroxyl groups is 1. The highest BCUT2D eigenvalue weighted by Crippen LogP contribution is 2.64. The molecule has 5 aliphatic rings. The van der Waals surface area contributed by atoms with Gasteiger partial charge in [0.25, 0.3) is 5.91 Å². The highest BCUT2D eigenvalue weighted by Gasteiger charge is 2.72. The second-order valence-corrected chi connectivity index (χ2v) is 11.3. The zero-order valence-corrected chi connectivity index (χ0v) is 19.9. The summed E-state index contributed by atoms with van der Waals surface area (Å²) < 4.78 is 6.52. The van der Waals surface area contributed by atoms with E-state index in [1.54, 1.807) is 12.3 Å². The molecule has 1 spiro atoms. The van der Waals surface area contributed by atoms with E-state index in [0.717, 1.165) is 47.5 Å². The molecule has 5 atom stereocenters. The van der Waals surface area contributed by atoms with Gasteiger partial charge in [-0.15, -0.1) is 0 Å². The molecule has 7 heteroatoms. The molecule has 1 saturated carbocycles. The number of phenolic OH excluding ortho intramolecular Hbond substituents is 1. The van der Waals surface area contributed by atoms with Gasteiger partial charge in [-0.05, 0) is 55.8 Å². The Balaban J connectivity index is 1.22. The number of fused-ring (bicyclic) bond motifs is 1. The predicted molar refractivity (Wildman–Crippen MR) is 134 cm³/mol. The van der Waals surface area contributed by atoms with Crippen LogP contribution >= 0.6 is 0 Å². The third-order valence-corrected chi connectivity index (χ3v) is 9.47. The van der Waals surface area contributed by atoms with Gasteiger partial charge in [0.2, 0.25) is 0 Å². The standard InChI is InChI=1S/C29H29N3O4/c33-22-8-7-17-13-23-29(35)10-9-21(31-27(34)19-14-30-20-4-2-1-3-18(19)20)26-28(29,24(17)25(22)36-26)11-12-32(23)15-16-5-6-16/h1-4,7-10,14,16,21,23,26,30,33,35H,5-6,11-13,15H2,(H,31,34)/t21-,23-,26+,28+,29-/m1/s1. The molecule has 1 aromatic heterocycles. The maximum absolute atomic E-state index is 13.5. The van der Waals surface area contributed by atoms with Crippen molar-refractivity contribution in [1.29, 1.82) is 0 Å². The van der Waals surface area contributed by atoms with Crippen LogP contribution in [0.5, 0.6) is 11.5 Å². The SMILES string of the molecule is O=C(N[C@@H]1C=C[C@@]2(O)[C@H]3Cc4ccc(O)c5c4[C@@]2(CCN3CC2CC2)[C@H]1O5)c1c[nH]c2ccccc12. The lowest BCUT2D eigenvalue weighted by Crippen LogP contribution is -2.76. The number of H-pyrrole nitrogens is 1. The molecule has 3 heterocycles. The van der Waals surface area contributed by atoms with Crippen molar-refractivity contribution in [3.8, 4) is 11.5 Å². The fourth-order valence-corrected chi connectivity index (χ4v) is 7.65. The summed E-state index contributed by atoms with van der Waals surface area (Å²) >= 11 is 0. The van der Waals surface area contributed by atoms with E-state index in [9.17, 15) is 15.0 Å². The van der Waals surface area contributed by atoms with Crippen LogP contribution in [0.2, 0.25) is 0 Å². The van der Waals surface area contributed by atoms with E-state index in [1.807, 2.05) is 42.5 Å². The minimum Gasteiger partial charge on any atom is -0.504 e. The Morgan fingerprint density at radius 1 is 1.22 bits per heavy atom. The molecule has 3 aromatic rings. The molecule has 36 heavy (non-hydrogen) atoms. The highest BCUT2D eigenvalue weighted by atomic mass is 16.5. The van der Waals surface area contributed by atoms with Crippen LogP contribution in [0.3, 0.4) is 0 Å². The van der Waals surface area contributed by atoms with Crippen molar-refractivity contribution in [3.63, 3.8) is 0 Å². The first-order valence-corrected chi connectivity index (χ1v) is 13.0. The van der Waals surface area contributed by atoms with Crippen LogP contribution in [0, 0.1) is 5.92 Å². The lowest BCUT2D eigenvalue weighted by molar-refractivity contribution is -0.144. The minimum absolute atomic E-state index is 0.0533. The van der Waals surface area contributed by atoms with Crippen LogP contribution in [-0.2, 0) is 11.8 Å². The van der Waals surface area contributed by atoms with Gasteiger partial charge in [0.05, 0.1) is 17.0 Å². The number of hydrogen-bond donors (Lipinski definition) is 4. The largest absolute Gasteiger partial charge is 0.504 e. The minimum atomic E-state index is -1.13.